The molecular formula is C18H21N3O4. The van der Waals surface area contributed by atoms with Crippen molar-refractivity contribution in [3.05, 3.63) is 36.0 Å². The van der Waals surface area contributed by atoms with Gasteiger partial charge in [0.05, 0.1) is 18.8 Å². The molecule has 1 aliphatic heterocycles. The zero-order chi connectivity index (χ0) is 18.0. The number of amides is 2. The van der Waals surface area contributed by atoms with Crippen molar-refractivity contribution in [2.24, 2.45) is 0 Å². The van der Waals surface area contributed by atoms with Gasteiger partial charge < -0.3 is 19.1 Å². The first-order chi connectivity index (χ1) is 12.0. The molecule has 1 aromatic carbocycles. The van der Waals surface area contributed by atoms with Gasteiger partial charge in [-0.3, -0.25) is 14.4 Å². The van der Waals surface area contributed by atoms with E-state index in [0.29, 0.717) is 37.3 Å². The van der Waals surface area contributed by atoms with Crippen molar-refractivity contribution in [1.29, 1.82) is 0 Å². The Hall–Kier alpha value is -2.67. The van der Waals surface area contributed by atoms with Gasteiger partial charge in [-0.25, -0.2) is 0 Å². The fourth-order valence-corrected chi connectivity index (χ4v) is 2.94. The van der Waals surface area contributed by atoms with Gasteiger partial charge in [-0.2, -0.15) is 0 Å². The van der Waals surface area contributed by atoms with Gasteiger partial charge in [-0.05, 0) is 6.07 Å². The Morgan fingerprint density at radius 1 is 1.12 bits per heavy atom. The number of para-hydroxylation sites is 1. The summed E-state index contributed by atoms with van der Waals surface area (Å²) in [6, 6.07) is 7.30. The van der Waals surface area contributed by atoms with Crippen molar-refractivity contribution < 1.29 is 19.1 Å². The van der Waals surface area contributed by atoms with E-state index in [-0.39, 0.29) is 12.5 Å². The number of rotatable bonds is 4. The average Bonchev–Trinajstić information content (AvgIpc) is 2.99. The van der Waals surface area contributed by atoms with Gasteiger partial charge in [0.2, 0.25) is 5.91 Å². The molecule has 0 saturated carbocycles. The van der Waals surface area contributed by atoms with Crippen LogP contribution in [0.4, 0.5) is 0 Å². The number of nitrogens with zero attached hydrogens (tertiary/aromatic N) is 3. The number of ketones is 1. The van der Waals surface area contributed by atoms with E-state index in [9.17, 15) is 14.4 Å². The maximum atomic E-state index is 12.5. The lowest BCUT2D eigenvalue weighted by Crippen LogP contribution is -2.42. The molecule has 1 fully saturated rings. The monoisotopic (exact) mass is 343 g/mol. The van der Waals surface area contributed by atoms with Gasteiger partial charge in [0.1, 0.15) is 6.54 Å². The highest BCUT2D eigenvalue weighted by molar-refractivity contribution is 6.44. The van der Waals surface area contributed by atoms with Crippen LogP contribution in [0.1, 0.15) is 10.4 Å². The molecule has 0 N–H and O–H groups in total. The molecule has 0 bridgehead atoms. The normalized spacial score (nSPS) is 14.6. The second kappa shape index (κ2) is 7.06. The van der Waals surface area contributed by atoms with Crippen LogP contribution in [0.2, 0.25) is 0 Å². The maximum Gasteiger partial charge on any atom is 0.294 e. The molecule has 0 atom stereocenters. The van der Waals surface area contributed by atoms with E-state index in [2.05, 4.69) is 0 Å². The van der Waals surface area contributed by atoms with Crippen LogP contribution in [0.5, 0.6) is 0 Å². The van der Waals surface area contributed by atoms with Crippen LogP contribution in [0.25, 0.3) is 10.9 Å². The van der Waals surface area contributed by atoms with Gasteiger partial charge in [0.25, 0.3) is 11.7 Å². The molecule has 1 saturated heterocycles. The predicted octanol–water partition coefficient (Wildman–Crippen LogP) is 0.771. The maximum absolute atomic E-state index is 12.5. The van der Waals surface area contributed by atoms with Gasteiger partial charge in [-0.1, -0.05) is 18.2 Å². The summed E-state index contributed by atoms with van der Waals surface area (Å²) in [4.78, 5) is 40.1. The van der Waals surface area contributed by atoms with Crippen LogP contribution < -0.4 is 0 Å². The number of ether oxygens (including phenoxy) is 1. The van der Waals surface area contributed by atoms with E-state index in [0.717, 1.165) is 5.52 Å². The largest absolute Gasteiger partial charge is 0.378 e. The Kier molecular flexibility index (Phi) is 4.85. The van der Waals surface area contributed by atoms with Gasteiger partial charge in [0.15, 0.2) is 0 Å². The van der Waals surface area contributed by atoms with Gasteiger partial charge >= 0.3 is 0 Å². The zero-order valence-electron chi connectivity index (χ0n) is 14.4. The minimum Gasteiger partial charge on any atom is -0.378 e. The number of carbonyl (C=O) groups excluding carboxylic acids is 3. The SMILES string of the molecule is CN(C)C(=O)C(=O)c1cn(CC(=O)N2CCOCC2)c2ccccc12. The summed E-state index contributed by atoms with van der Waals surface area (Å²) in [7, 11) is 3.09. The standard InChI is InChI=1S/C18H21N3O4/c1-19(2)18(24)17(23)14-11-21(15-6-4-3-5-13(14)15)12-16(22)20-7-9-25-10-8-20/h3-6,11H,7-10,12H2,1-2H3. The molecule has 7 heteroatoms. The number of morpholine rings is 1. The zero-order valence-corrected chi connectivity index (χ0v) is 14.4. The first-order valence-corrected chi connectivity index (χ1v) is 8.18. The minimum absolute atomic E-state index is 0.0259. The number of likely N-dealkylation sites (N-methyl/N-ethyl adjacent to an activating group) is 1. The van der Waals surface area contributed by atoms with Crippen molar-refractivity contribution in [3.63, 3.8) is 0 Å². The fourth-order valence-electron chi connectivity index (χ4n) is 2.94. The Labute approximate surface area is 145 Å². The molecule has 1 aliphatic rings. The van der Waals surface area contributed by atoms with E-state index in [1.54, 1.807) is 35.8 Å². The third-order valence-electron chi connectivity index (χ3n) is 4.30. The lowest BCUT2D eigenvalue weighted by Gasteiger charge is -2.27. The molecule has 1 aromatic heterocycles. The second-order valence-electron chi connectivity index (χ2n) is 6.21. The van der Waals surface area contributed by atoms with E-state index in [4.69, 9.17) is 4.74 Å². The van der Waals surface area contributed by atoms with Crippen molar-refractivity contribution in [3.8, 4) is 0 Å². The highest BCUT2D eigenvalue weighted by atomic mass is 16.5. The highest BCUT2D eigenvalue weighted by Gasteiger charge is 2.24. The molecule has 132 valence electrons. The van der Waals surface area contributed by atoms with E-state index >= 15 is 0 Å². The van der Waals surface area contributed by atoms with Gasteiger partial charge in [0, 0.05) is 44.3 Å². The van der Waals surface area contributed by atoms with Crippen molar-refractivity contribution in [2.45, 2.75) is 6.54 Å². The number of fused-ring (bicyclic) bond motifs is 1. The molecule has 0 spiro atoms. The number of Topliss-reactive ketones (excluding diaryl/α,β-unsaturated/α-hetero) is 1. The summed E-state index contributed by atoms with van der Waals surface area (Å²) < 4.78 is 7.01. The number of hydrogen-bond donors (Lipinski definition) is 0. The van der Waals surface area contributed by atoms with Crippen LogP contribution in [-0.2, 0) is 20.9 Å². The lowest BCUT2D eigenvalue weighted by atomic mass is 10.1. The Bertz CT molecular complexity index is 819. The molecule has 3 rings (SSSR count). The topological polar surface area (TPSA) is 71.9 Å². The van der Waals surface area contributed by atoms with Crippen LogP contribution in [-0.4, -0.2) is 72.4 Å². The van der Waals surface area contributed by atoms with E-state index in [1.807, 2.05) is 18.2 Å². The van der Waals surface area contributed by atoms with Crippen LogP contribution in [0, 0.1) is 0 Å². The first-order valence-electron chi connectivity index (χ1n) is 8.18. The van der Waals surface area contributed by atoms with Crippen molar-refractivity contribution >= 4 is 28.5 Å². The Morgan fingerprint density at radius 3 is 2.48 bits per heavy atom. The summed E-state index contributed by atoms with van der Waals surface area (Å²) in [6.45, 7) is 2.36. The Morgan fingerprint density at radius 2 is 1.80 bits per heavy atom. The number of hydrogen-bond acceptors (Lipinski definition) is 4. The third-order valence-corrected chi connectivity index (χ3v) is 4.30. The molecule has 2 amide bonds. The van der Waals surface area contributed by atoms with Gasteiger partial charge in [-0.15, -0.1) is 0 Å². The summed E-state index contributed by atoms with van der Waals surface area (Å²) in [5, 5.41) is 0.678. The smallest absolute Gasteiger partial charge is 0.294 e. The molecule has 0 radical (unpaired) electrons. The van der Waals surface area contributed by atoms with Crippen molar-refractivity contribution in [1.82, 2.24) is 14.4 Å². The quantitative estimate of drug-likeness (QED) is 0.607. The van der Waals surface area contributed by atoms with Crippen molar-refractivity contribution in [2.75, 3.05) is 40.4 Å². The molecule has 2 heterocycles. The molecule has 0 unspecified atom stereocenters. The summed E-state index contributed by atoms with van der Waals surface area (Å²) in [6.07, 6.45) is 1.60. The number of aromatic nitrogens is 1. The van der Waals surface area contributed by atoms with E-state index in [1.165, 1.54) is 4.90 Å². The van der Waals surface area contributed by atoms with Crippen LogP contribution >= 0.6 is 0 Å². The number of benzene rings is 1. The van der Waals surface area contributed by atoms with E-state index < -0.39 is 11.7 Å². The lowest BCUT2D eigenvalue weighted by molar-refractivity contribution is -0.135. The predicted molar refractivity (Wildman–Crippen MR) is 92.4 cm³/mol. The first kappa shape index (κ1) is 17.2. The fraction of sp³-hybridized carbons (Fsp3) is 0.389. The summed E-state index contributed by atoms with van der Waals surface area (Å²) in [5.41, 5.74) is 1.09. The number of carbonyl (C=O) groups is 3. The molecule has 7 nitrogen and oxygen atoms in total. The molecule has 0 aliphatic carbocycles. The second-order valence-corrected chi connectivity index (χ2v) is 6.21. The van der Waals surface area contributed by atoms with Crippen LogP contribution in [0.15, 0.2) is 30.5 Å². The Balaban J connectivity index is 1.92. The molecule has 2 aromatic rings. The summed E-state index contributed by atoms with van der Waals surface area (Å²) >= 11 is 0. The highest BCUT2D eigenvalue weighted by Crippen LogP contribution is 2.22. The third kappa shape index (κ3) is 3.41. The minimum atomic E-state index is -0.581. The van der Waals surface area contributed by atoms with Crippen LogP contribution in [0.3, 0.4) is 0 Å². The molecule has 25 heavy (non-hydrogen) atoms. The average molecular weight is 343 g/mol. The molecular weight excluding hydrogens is 322 g/mol. The summed E-state index contributed by atoms with van der Waals surface area (Å²) in [5.74, 6) is -1.18.